The first-order chi connectivity index (χ1) is 12.7. The summed E-state index contributed by atoms with van der Waals surface area (Å²) < 4.78 is 7.36. The topological polar surface area (TPSA) is 56.1 Å². The van der Waals surface area contributed by atoms with Crippen LogP contribution in [0.15, 0.2) is 48.5 Å². The number of hydrogen-bond donors (Lipinski definition) is 1. The van der Waals surface area contributed by atoms with Gasteiger partial charge in [-0.2, -0.15) is 0 Å². The second-order valence-corrected chi connectivity index (χ2v) is 6.44. The zero-order chi connectivity index (χ0) is 18.4. The summed E-state index contributed by atoms with van der Waals surface area (Å²) in [6.07, 6.45) is 0.937. The number of benzene rings is 2. The summed E-state index contributed by atoms with van der Waals surface area (Å²) in [6, 6.07) is 15.4. The van der Waals surface area contributed by atoms with Gasteiger partial charge in [-0.15, -0.1) is 0 Å². The lowest BCUT2D eigenvalue weighted by Crippen LogP contribution is -2.28. The predicted molar refractivity (Wildman–Crippen MR) is 103 cm³/mol. The highest BCUT2D eigenvalue weighted by Gasteiger charge is 2.11. The van der Waals surface area contributed by atoms with Crippen molar-refractivity contribution in [3.8, 4) is 0 Å². The molecule has 0 saturated heterocycles. The average Bonchev–Trinajstić information content (AvgIpc) is 2.99. The van der Waals surface area contributed by atoms with E-state index in [1.54, 1.807) is 13.2 Å². The maximum atomic E-state index is 12.2. The first-order valence-corrected chi connectivity index (χ1v) is 9.00. The van der Waals surface area contributed by atoms with Gasteiger partial charge in [0.2, 0.25) is 5.91 Å². The van der Waals surface area contributed by atoms with Gasteiger partial charge in [-0.3, -0.25) is 4.79 Å². The molecular formula is C20H22ClN3O2. The van der Waals surface area contributed by atoms with E-state index in [1.165, 1.54) is 0 Å². The second-order valence-electron chi connectivity index (χ2n) is 6.03. The number of fused-ring (bicyclic) bond motifs is 1. The first-order valence-electron chi connectivity index (χ1n) is 8.62. The van der Waals surface area contributed by atoms with Gasteiger partial charge in [0.05, 0.1) is 24.1 Å². The molecule has 0 atom stereocenters. The van der Waals surface area contributed by atoms with Crippen LogP contribution in [0.3, 0.4) is 0 Å². The highest BCUT2D eigenvalue weighted by Crippen LogP contribution is 2.17. The number of para-hydroxylation sites is 2. The molecule has 0 aliphatic heterocycles. The molecule has 26 heavy (non-hydrogen) atoms. The molecule has 3 rings (SSSR count). The van der Waals surface area contributed by atoms with Crippen LogP contribution in [0.1, 0.15) is 11.4 Å². The van der Waals surface area contributed by atoms with Crippen LogP contribution < -0.4 is 5.32 Å². The van der Waals surface area contributed by atoms with Crippen molar-refractivity contribution >= 4 is 28.5 Å². The molecule has 1 amide bonds. The maximum Gasteiger partial charge on any atom is 0.224 e. The lowest BCUT2D eigenvalue weighted by molar-refractivity contribution is -0.120. The van der Waals surface area contributed by atoms with Crippen molar-refractivity contribution in [1.29, 1.82) is 0 Å². The number of hydrogen-bond acceptors (Lipinski definition) is 3. The van der Waals surface area contributed by atoms with Gasteiger partial charge >= 0.3 is 0 Å². The molecule has 0 unspecified atom stereocenters. The Kier molecular flexibility index (Phi) is 6.26. The Balaban J connectivity index is 1.62. The molecule has 1 heterocycles. The Labute approximate surface area is 157 Å². The monoisotopic (exact) mass is 371 g/mol. The van der Waals surface area contributed by atoms with Gasteiger partial charge in [0.25, 0.3) is 0 Å². The van der Waals surface area contributed by atoms with Gasteiger partial charge in [0.1, 0.15) is 5.82 Å². The number of halogens is 1. The molecule has 0 aliphatic carbocycles. The number of amides is 1. The minimum absolute atomic E-state index is 0.0438. The lowest BCUT2D eigenvalue weighted by atomic mass is 10.1. The van der Waals surface area contributed by atoms with E-state index in [1.807, 2.05) is 36.4 Å². The fourth-order valence-electron chi connectivity index (χ4n) is 2.94. The number of imidazole rings is 1. The minimum Gasteiger partial charge on any atom is -0.383 e. The molecular weight excluding hydrogens is 350 g/mol. The van der Waals surface area contributed by atoms with Crippen molar-refractivity contribution in [2.75, 3.05) is 20.3 Å². The minimum atomic E-state index is -0.0438. The second kappa shape index (κ2) is 8.83. The van der Waals surface area contributed by atoms with E-state index < -0.39 is 0 Å². The van der Waals surface area contributed by atoms with Crippen LogP contribution in [0, 0.1) is 0 Å². The van der Waals surface area contributed by atoms with Crippen LogP contribution in [0.5, 0.6) is 0 Å². The third kappa shape index (κ3) is 4.42. The number of nitrogens with one attached hydrogen (secondary N) is 1. The molecule has 0 saturated carbocycles. The maximum absolute atomic E-state index is 12.2. The lowest BCUT2D eigenvalue weighted by Gasteiger charge is -2.10. The number of methoxy groups -OCH3 is 1. The van der Waals surface area contributed by atoms with Crippen molar-refractivity contribution in [3.63, 3.8) is 0 Å². The van der Waals surface area contributed by atoms with Gasteiger partial charge in [-0.1, -0.05) is 41.9 Å². The SMILES string of the molecule is COCCn1c(CCNC(=O)Cc2ccccc2Cl)nc2ccccc21. The number of carbonyl (C=O) groups excluding carboxylic acids is 1. The number of aromatic nitrogens is 2. The normalized spacial score (nSPS) is 11.0. The van der Waals surface area contributed by atoms with Gasteiger partial charge < -0.3 is 14.6 Å². The molecule has 1 aromatic heterocycles. The molecule has 6 heteroatoms. The van der Waals surface area contributed by atoms with Crippen LogP contribution in [-0.2, 0) is 28.9 Å². The molecule has 3 aromatic rings. The quantitative estimate of drug-likeness (QED) is 0.661. The molecule has 2 aromatic carbocycles. The smallest absolute Gasteiger partial charge is 0.224 e. The van der Waals surface area contributed by atoms with E-state index in [0.29, 0.717) is 24.6 Å². The van der Waals surface area contributed by atoms with Crippen LogP contribution >= 0.6 is 11.6 Å². The summed E-state index contributed by atoms with van der Waals surface area (Å²) in [5.41, 5.74) is 2.88. The Hall–Kier alpha value is -2.37. The van der Waals surface area contributed by atoms with E-state index in [-0.39, 0.29) is 12.3 Å². The number of nitrogens with zero attached hydrogens (tertiary/aromatic N) is 2. The van der Waals surface area contributed by atoms with Gasteiger partial charge in [-0.05, 0) is 23.8 Å². The Morgan fingerprint density at radius 1 is 1.19 bits per heavy atom. The fraction of sp³-hybridized carbons (Fsp3) is 0.300. The van der Waals surface area contributed by atoms with Crippen molar-refractivity contribution in [2.24, 2.45) is 0 Å². The molecule has 0 bridgehead atoms. The zero-order valence-electron chi connectivity index (χ0n) is 14.7. The largest absolute Gasteiger partial charge is 0.383 e. The predicted octanol–water partition coefficient (Wildman–Crippen LogP) is 3.24. The number of carbonyl (C=O) groups is 1. The highest BCUT2D eigenvalue weighted by molar-refractivity contribution is 6.31. The highest BCUT2D eigenvalue weighted by atomic mass is 35.5. The summed E-state index contributed by atoms with van der Waals surface area (Å²) in [6.45, 7) is 1.88. The summed E-state index contributed by atoms with van der Waals surface area (Å²) in [4.78, 5) is 16.9. The summed E-state index contributed by atoms with van der Waals surface area (Å²) in [5, 5.41) is 3.57. The number of ether oxygens (including phenoxy) is 1. The van der Waals surface area contributed by atoms with Crippen molar-refractivity contribution in [3.05, 3.63) is 64.9 Å². The van der Waals surface area contributed by atoms with E-state index in [0.717, 1.165) is 29.0 Å². The molecule has 136 valence electrons. The standard InChI is InChI=1S/C20H22ClN3O2/c1-26-13-12-24-18-9-5-4-8-17(18)23-19(24)10-11-22-20(25)14-15-6-2-3-7-16(15)21/h2-9H,10-14H2,1H3,(H,22,25). The molecule has 0 fully saturated rings. The summed E-state index contributed by atoms with van der Waals surface area (Å²) in [7, 11) is 1.69. The van der Waals surface area contributed by atoms with Crippen LogP contribution in [0.25, 0.3) is 11.0 Å². The van der Waals surface area contributed by atoms with Crippen LogP contribution in [0.2, 0.25) is 5.02 Å². The van der Waals surface area contributed by atoms with Gasteiger partial charge in [-0.25, -0.2) is 4.98 Å². The van der Waals surface area contributed by atoms with Crippen molar-refractivity contribution in [2.45, 2.75) is 19.4 Å². The summed E-state index contributed by atoms with van der Waals surface area (Å²) >= 11 is 6.11. The van der Waals surface area contributed by atoms with Gasteiger partial charge in [0.15, 0.2) is 0 Å². The summed E-state index contributed by atoms with van der Waals surface area (Å²) in [5.74, 6) is 0.902. The van der Waals surface area contributed by atoms with E-state index >= 15 is 0 Å². The fourth-order valence-corrected chi connectivity index (χ4v) is 3.14. The Morgan fingerprint density at radius 2 is 1.96 bits per heavy atom. The molecule has 1 N–H and O–H groups in total. The molecule has 0 spiro atoms. The average molecular weight is 372 g/mol. The molecule has 0 radical (unpaired) electrons. The van der Waals surface area contributed by atoms with Gasteiger partial charge in [0, 0.05) is 31.6 Å². The Morgan fingerprint density at radius 3 is 2.77 bits per heavy atom. The van der Waals surface area contributed by atoms with Crippen molar-refractivity contribution < 1.29 is 9.53 Å². The van der Waals surface area contributed by atoms with E-state index in [4.69, 9.17) is 21.3 Å². The van der Waals surface area contributed by atoms with Crippen LogP contribution in [0.4, 0.5) is 0 Å². The third-order valence-electron chi connectivity index (χ3n) is 4.23. The third-order valence-corrected chi connectivity index (χ3v) is 4.60. The number of rotatable bonds is 8. The van der Waals surface area contributed by atoms with Crippen LogP contribution in [-0.4, -0.2) is 35.7 Å². The van der Waals surface area contributed by atoms with E-state index in [2.05, 4.69) is 16.0 Å². The molecule has 0 aliphatic rings. The first kappa shape index (κ1) is 18.4. The van der Waals surface area contributed by atoms with Crippen molar-refractivity contribution in [1.82, 2.24) is 14.9 Å². The zero-order valence-corrected chi connectivity index (χ0v) is 15.5. The van der Waals surface area contributed by atoms with E-state index in [9.17, 15) is 4.79 Å². The molecule has 5 nitrogen and oxygen atoms in total. The Bertz CT molecular complexity index is 892.